The molecule has 0 aliphatic heterocycles. The van der Waals surface area contributed by atoms with Crippen LogP contribution in [0.4, 0.5) is 0 Å². The third kappa shape index (κ3) is 7.41. The third-order valence-electron chi connectivity index (χ3n) is 4.28. The molecule has 0 fully saturated rings. The van der Waals surface area contributed by atoms with Crippen LogP contribution in [0.3, 0.4) is 0 Å². The summed E-state index contributed by atoms with van der Waals surface area (Å²) in [7, 11) is 0. The summed E-state index contributed by atoms with van der Waals surface area (Å²) in [5, 5.41) is 6.57. The summed E-state index contributed by atoms with van der Waals surface area (Å²) < 4.78 is 7.04. The second-order valence-electron chi connectivity index (χ2n) is 6.43. The molecule has 0 saturated carbocycles. The van der Waals surface area contributed by atoms with Gasteiger partial charge in [0.05, 0.1) is 19.4 Å². The van der Waals surface area contributed by atoms with Crippen molar-refractivity contribution in [2.24, 2.45) is 4.99 Å². The number of rotatable bonds is 8. The van der Waals surface area contributed by atoms with Gasteiger partial charge < -0.3 is 19.6 Å². The Labute approximate surface area is 188 Å². The van der Waals surface area contributed by atoms with Crippen molar-refractivity contribution in [3.05, 3.63) is 94.3 Å². The van der Waals surface area contributed by atoms with E-state index >= 15 is 0 Å². The number of guanidine groups is 1. The van der Waals surface area contributed by atoms with Crippen LogP contribution >= 0.6 is 24.0 Å². The van der Waals surface area contributed by atoms with Gasteiger partial charge in [0.2, 0.25) is 0 Å². The van der Waals surface area contributed by atoms with E-state index in [9.17, 15) is 4.79 Å². The van der Waals surface area contributed by atoms with Gasteiger partial charge >= 0.3 is 0 Å². The molecule has 0 aliphatic carbocycles. The summed E-state index contributed by atoms with van der Waals surface area (Å²) in [5.74, 6) is 1.74. The second-order valence-corrected chi connectivity index (χ2v) is 6.43. The summed E-state index contributed by atoms with van der Waals surface area (Å²) in [5.41, 5.74) is 2.21. The Bertz CT molecular complexity index is 934. The van der Waals surface area contributed by atoms with Crippen molar-refractivity contribution in [3.63, 3.8) is 0 Å². The molecule has 3 rings (SSSR count). The van der Waals surface area contributed by atoms with Crippen LogP contribution in [0.15, 0.2) is 81.3 Å². The van der Waals surface area contributed by atoms with E-state index < -0.39 is 0 Å². The number of benzene rings is 1. The maximum Gasteiger partial charge on any atom is 0.250 e. The van der Waals surface area contributed by atoms with Gasteiger partial charge in [-0.05, 0) is 36.2 Å². The monoisotopic (exact) mass is 506 g/mol. The van der Waals surface area contributed by atoms with E-state index in [1.807, 2.05) is 37.3 Å². The van der Waals surface area contributed by atoms with Crippen molar-refractivity contribution in [2.45, 2.75) is 26.4 Å². The van der Waals surface area contributed by atoms with Crippen molar-refractivity contribution in [1.29, 1.82) is 0 Å². The van der Waals surface area contributed by atoms with E-state index in [2.05, 4.69) is 27.8 Å². The lowest BCUT2D eigenvalue weighted by Crippen LogP contribution is -2.38. The molecule has 0 saturated heterocycles. The van der Waals surface area contributed by atoms with Gasteiger partial charge in [-0.1, -0.05) is 30.3 Å². The Balaban J connectivity index is 0.00000300. The molecule has 2 aromatic heterocycles. The molecular weight excluding hydrogens is 479 g/mol. The van der Waals surface area contributed by atoms with E-state index in [4.69, 9.17) is 4.42 Å². The zero-order valence-electron chi connectivity index (χ0n) is 16.5. The van der Waals surface area contributed by atoms with Gasteiger partial charge in [0.15, 0.2) is 5.96 Å². The van der Waals surface area contributed by atoms with Crippen molar-refractivity contribution >= 4 is 29.9 Å². The topological polar surface area (TPSA) is 71.6 Å². The SMILES string of the molecule is CCNC(=NCc1ccc(Cn2ccccc2=O)cc1)NCCc1ccco1.I. The Morgan fingerprint density at radius 2 is 1.83 bits per heavy atom. The van der Waals surface area contributed by atoms with Crippen molar-refractivity contribution < 1.29 is 4.42 Å². The molecule has 29 heavy (non-hydrogen) atoms. The summed E-state index contributed by atoms with van der Waals surface area (Å²) in [6, 6.07) is 17.3. The number of hydrogen-bond donors (Lipinski definition) is 2. The summed E-state index contributed by atoms with van der Waals surface area (Å²) in [4.78, 5) is 16.5. The number of hydrogen-bond acceptors (Lipinski definition) is 3. The first-order valence-corrected chi connectivity index (χ1v) is 9.52. The fourth-order valence-electron chi connectivity index (χ4n) is 2.81. The molecule has 0 amide bonds. The number of furan rings is 1. The van der Waals surface area contributed by atoms with Crippen molar-refractivity contribution in [2.75, 3.05) is 13.1 Å². The van der Waals surface area contributed by atoms with Gasteiger partial charge in [-0.15, -0.1) is 24.0 Å². The minimum atomic E-state index is 0. The van der Waals surface area contributed by atoms with Crippen LogP contribution in [0.1, 0.15) is 23.8 Å². The van der Waals surface area contributed by atoms with Crippen LogP contribution in [-0.4, -0.2) is 23.6 Å². The maximum atomic E-state index is 11.8. The van der Waals surface area contributed by atoms with Gasteiger partial charge in [-0.2, -0.15) is 0 Å². The summed E-state index contributed by atoms with van der Waals surface area (Å²) >= 11 is 0. The van der Waals surface area contributed by atoms with E-state index in [0.717, 1.165) is 42.4 Å². The Morgan fingerprint density at radius 1 is 1.03 bits per heavy atom. The molecular formula is C22H27IN4O2. The lowest BCUT2D eigenvalue weighted by atomic mass is 10.1. The van der Waals surface area contributed by atoms with Crippen LogP contribution in [0.5, 0.6) is 0 Å². The van der Waals surface area contributed by atoms with E-state index in [-0.39, 0.29) is 29.5 Å². The predicted molar refractivity (Wildman–Crippen MR) is 127 cm³/mol. The molecule has 0 spiro atoms. The molecule has 7 heteroatoms. The predicted octanol–water partition coefficient (Wildman–Crippen LogP) is 3.41. The minimum absolute atomic E-state index is 0. The highest BCUT2D eigenvalue weighted by atomic mass is 127. The highest BCUT2D eigenvalue weighted by Crippen LogP contribution is 2.07. The molecule has 6 nitrogen and oxygen atoms in total. The van der Waals surface area contributed by atoms with Crippen LogP contribution in [0.25, 0.3) is 0 Å². The number of pyridine rings is 1. The lowest BCUT2D eigenvalue weighted by Gasteiger charge is -2.11. The molecule has 154 valence electrons. The number of nitrogens with zero attached hydrogens (tertiary/aromatic N) is 2. The number of halogens is 1. The van der Waals surface area contributed by atoms with Crippen molar-refractivity contribution in [1.82, 2.24) is 15.2 Å². The average molecular weight is 506 g/mol. The van der Waals surface area contributed by atoms with Gasteiger partial charge in [0, 0.05) is 31.8 Å². The molecule has 2 heterocycles. The number of nitrogens with one attached hydrogen (secondary N) is 2. The molecule has 0 radical (unpaired) electrons. The van der Waals surface area contributed by atoms with Gasteiger partial charge in [-0.25, -0.2) is 4.99 Å². The van der Waals surface area contributed by atoms with Crippen molar-refractivity contribution in [3.8, 4) is 0 Å². The first kappa shape index (κ1) is 22.7. The van der Waals surface area contributed by atoms with Gasteiger partial charge in [0.25, 0.3) is 5.56 Å². The molecule has 3 aromatic rings. The van der Waals surface area contributed by atoms with Crippen LogP contribution in [0.2, 0.25) is 0 Å². The lowest BCUT2D eigenvalue weighted by molar-refractivity contribution is 0.507. The average Bonchev–Trinajstić information content (AvgIpc) is 3.22. The maximum absolute atomic E-state index is 11.8. The molecule has 0 bridgehead atoms. The highest BCUT2D eigenvalue weighted by Gasteiger charge is 2.01. The molecule has 0 atom stereocenters. The Kier molecular flexibility index (Phi) is 9.49. The normalized spacial score (nSPS) is 11.0. The Hall–Kier alpha value is -2.55. The highest BCUT2D eigenvalue weighted by molar-refractivity contribution is 14.0. The van der Waals surface area contributed by atoms with E-state index in [0.29, 0.717) is 13.1 Å². The number of aromatic nitrogens is 1. The third-order valence-corrected chi connectivity index (χ3v) is 4.28. The van der Waals surface area contributed by atoms with E-state index in [1.165, 1.54) is 0 Å². The molecule has 2 N–H and O–H groups in total. The molecule has 0 aliphatic rings. The van der Waals surface area contributed by atoms with Crippen LogP contribution in [0, 0.1) is 0 Å². The fourth-order valence-corrected chi connectivity index (χ4v) is 2.81. The molecule has 1 aromatic carbocycles. The zero-order chi connectivity index (χ0) is 19.6. The van der Waals surface area contributed by atoms with Crippen LogP contribution in [-0.2, 0) is 19.5 Å². The second kappa shape index (κ2) is 12.1. The van der Waals surface area contributed by atoms with Gasteiger partial charge in [0.1, 0.15) is 5.76 Å². The first-order chi connectivity index (χ1) is 13.7. The first-order valence-electron chi connectivity index (χ1n) is 9.52. The quantitative estimate of drug-likeness (QED) is 0.279. The number of aliphatic imine (C=N–C) groups is 1. The Morgan fingerprint density at radius 3 is 2.52 bits per heavy atom. The smallest absolute Gasteiger partial charge is 0.250 e. The minimum Gasteiger partial charge on any atom is -0.469 e. The standard InChI is InChI=1S/C22H26N4O2.HI/c1-2-23-22(24-13-12-20-6-5-15-28-20)25-16-18-8-10-19(11-9-18)17-26-14-4-3-7-21(26)27;/h3-11,14-15H,2,12-13,16-17H2,1H3,(H2,23,24,25);1H. The van der Waals surface area contributed by atoms with E-state index in [1.54, 1.807) is 29.2 Å². The summed E-state index contributed by atoms with van der Waals surface area (Å²) in [6.45, 7) is 4.76. The van der Waals surface area contributed by atoms with Crippen LogP contribution < -0.4 is 16.2 Å². The summed E-state index contributed by atoms with van der Waals surface area (Å²) in [6.07, 6.45) is 4.30. The molecule has 0 unspecified atom stereocenters. The zero-order valence-corrected chi connectivity index (χ0v) is 18.8. The largest absolute Gasteiger partial charge is 0.469 e. The van der Waals surface area contributed by atoms with Gasteiger partial charge in [-0.3, -0.25) is 4.79 Å². The fraction of sp³-hybridized carbons (Fsp3) is 0.273.